The van der Waals surface area contributed by atoms with Gasteiger partial charge in [0, 0.05) is 6.61 Å². The van der Waals surface area contributed by atoms with Crippen LogP contribution in [0, 0.1) is 0 Å². The molecule has 0 aliphatic heterocycles. The van der Waals surface area contributed by atoms with Crippen molar-refractivity contribution in [3.05, 3.63) is 0 Å². The molecular formula is C3H8BNO. The van der Waals surface area contributed by atoms with Gasteiger partial charge in [-0.05, 0) is 12.4 Å². The van der Waals surface area contributed by atoms with Gasteiger partial charge in [0.1, 0.15) is 0 Å². The molecule has 0 saturated carbocycles. The summed E-state index contributed by atoms with van der Waals surface area (Å²) < 4.78 is 0. The Labute approximate surface area is 38.8 Å². The number of hydrogen-bond donors (Lipinski definition) is 2. The van der Waals surface area contributed by atoms with Crippen molar-refractivity contribution in [2.75, 3.05) is 6.61 Å². The predicted octanol–water partition coefficient (Wildman–Crippen LogP) is -1.18. The van der Waals surface area contributed by atoms with Crippen molar-refractivity contribution in [2.24, 2.45) is 5.73 Å². The van der Waals surface area contributed by atoms with E-state index in [9.17, 15) is 0 Å². The summed E-state index contributed by atoms with van der Waals surface area (Å²) in [6.07, 6.45) is 0.486. The Kier molecular flexibility index (Phi) is 3.18. The maximum atomic E-state index is 8.08. The van der Waals surface area contributed by atoms with Gasteiger partial charge in [-0.1, -0.05) is 0 Å². The monoisotopic (exact) mass is 85.1 g/mol. The van der Waals surface area contributed by atoms with Crippen LogP contribution in [0.5, 0.6) is 0 Å². The zero-order chi connectivity index (χ0) is 4.99. The van der Waals surface area contributed by atoms with Crippen LogP contribution in [0.3, 0.4) is 0 Å². The first-order valence-electron chi connectivity index (χ1n) is 1.89. The fourth-order valence-electron chi connectivity index (χ4n) is 0.149. The summed E-state index contributed by atoms with van der Waals surface area (Å²) in [5.41, 5.74) is 5.02. The molecule has 0 spiro atoms. The molecule has 0 bridgehead atoms. The van der Waals surface area contributed by atoms with Crippen LogP contribution in [0.1, 0.15) is 6.42 Å². The summed E-state index contributed by atoms with van der Waals surface area (Å²) >= 11 is 0. The summed E-state index contributed by atoms with van der Waals surface area (Å²) in [5.74, 6) is -0.352. The van der Waals surface area contributed by atoms with Gasteiger partial charge in [-0.25, -0.2) is 0 Å². The van der Waals surface area contributed by atoms with E-state index in [-0.39, 0.29) is 12.5 Å². The van der Waals surface area contributed by atoms with E-state index in [0.717, 1.165) is 0 Å². The summed E-state index contributed by atoms with van der Waals surface area (Å²) in [5, 5.41) is 8.08. The molecule has 1 unspecified atom stereocenters. The minimum absolute atomic E-state index is 0.0810. The molecule has 6 heavy (non-hydrogen) atoms. The van der Waals surface area contributed by atoms with Crippen LogP contribution < -0.4 is 5.73 Å². The van der Waals surface area contributed by atoms with Crippen LogP contribution in [0.2, 0.25) is 0 Å². The second kappa shape index (κ2) is 3.19. The fourth-order valence-corrected chi connectivity index (χ4v) is 0.149. The van der Waals surface area contributed by atoms with E-state index in [1.807, 2.05) is 0 Å². The Morgan fingerprint density at radius 3 is 2.33 bits per heavy atom. The zero-order valence-electron chi connectivity index (χ0n) is 3.59. The summed E-state index contributed by atoms with van der Waals surface area (Å²) in [6, 6.07) is 0. The first kappa shape index (κ1) is 5.98. The molecule has 34 valence electrons. The molecule has 0 aliphatic rings. The molecular weight excluding hydrogens is 76.9 g/mol. The standard InChI is InChI=1S/C3H8BNO/c4-3(5)1-2-6/h3,6H,1-2,5H2. The summed E-state index contributed by atoms with van der Waals surface area (Å²) in [4.78, 5) is 0. The third-order valence-electron chi connectivity index (χ3n) is 0.462. The van der Waals surface area contributed by atoms with Crippen molar-refractivity contribution in [1.29, 1.82) is 0 Å². The molecule has 3 N–H and O–H groups in total. The highest BCUT2D eigenvalue weighted by molar-refractivity contribution is 6.11. The summed E-state index contributed by atoms with van der Waals surface area (Å²) in [6.45, 7) is 0.0810. The van der Waals surface area contributed by atoms with Gasteiger partial charge < -0.3 is 10.8 Å². The SMILES string of the molecule is [B]C(N)CCO. The van der Waals surface area contributed by atoms with Crippen LogP contribution in [0.15, 0.2) is 0 Å². The van der Waals surface area contributed by atoms with E-state index in [1.54, 1.807) is 0 Å². The van der Waals surface area contributed by atoms with Crippen molar-refractivity contribution in [1.82, 2.24) is 0 Å². The highest BCUT2D eigenvalue weighted by Gasteiger charge is 1.86. The topological polar surface area (TPSA) is 46.2 Å². The molecule has 0 aromatic rings. The lowest BCUT2D eigenvalue weighted by Gasteiger charge is -1.96. The number of rotatable bonds is 2. The molecule has 0 amide bonds. The Morgan fingerprint density at radius 2 is 2.33 bits per heavy atom. The lowest BCUT2D eigenvalue weighted by Crippen LogP contribution is -2.20. The fraction of sp³-hybridized carbons (Fsp3) is 1.00. The Bertz CT molecular complexity index is 32.0. The maximum absolute atomic E-state index is 8.08. The zero-order valence-corrected chi connectivity index (χ0v) is 3.59. The molecule has 0 rings (SSSR count). The molecule has 0 fully saturated rings. The first-order valence-corrected chi connectivity index (χ1v) is 1.89. The quantitative estimate of drug-likeness (QED) is 0.414. The Hall–Kier alpha value is -0.0151. The number of aliphatic hydroxyl groups is 1. The molecule has 0 heterocycles. The minimum atomic E-state index is -0.352. The van der Waals surface area contributed by atoms with Crippen molar-refractivity contribution in [3.8, 4) is 0 Å². The molecule has 3 heteroatoms. The van der Waals surface area contributed by atoms with Crippen molar-refractivity contribution in [2.45, 2.75) is 12.4 Å². The number of hydrogen-bond acceptors (Lipinski definition) is 2. The third kappa shape index (κ3) is 3.98. The average molecular weight is 84.9 g/mol. The molecule has 1 atom stereocenters. The van der Waals surface area contributed by atoms with Crippen molar-refractivity contribution in [3.63, 3.8) is 0 Å². The van der Waals surface area contributed by atoms with E-state index in [4.69, 9.17) is 18.7 Å². The van der Waals surface area contributed by atoms with Crippen molar-refractivity contribution < 1.29 is 5.11 Å². The molecule has 0 saturated heterocycles. The molecule has 0 aliphatic carbocycles. The van der Waals surface area contributed by atoms with E-state index < -0.39 is 0 Å². The molecule has 0 aromatic heterocycles. The van der Waals surface area contributed by atoms with Crippen LogP contribution in [0.25, 0.3) is 0 Å². The highest BCUT2D eigenvalue weighted by atomic mass is 16.3. The van der Waals surface area contributed by atoms with Gasteiger partial charge in [-0.2, -0.15) is 0 Å². The molecule has 0 aromatic carbocycles. The molecule has 2 radical (unpaired) electrons. The largest absolute Gasteiger partial charge is 0.396 e. The van der Waals surface area contributed by atoms with Gasteiger partial charge in [0.2, 0.25) is 0 Å². The normalized spacial score (nSPS) is 14.3. The van der Waals surface area contributed by atoms with Crippen LogP contribution in [-0.4, -0.2) is 25.5 Å². The van der Waals surface area contributed by atoms with E-state index in [2.05, 4.69) is 0 Å². The number of aliphatic hydroxyl groups excluding tert-OH is 1. The van der Waals surface area contributed by atoms with Gasteiger partial charge >= 0.3 is 0 Å². The lowest BCUT2D eigenvalue weighted by molar-refractivity contribution is 0.287. The first-order chi connectivity index (χ1) is 2.77. The highest BCUT2D eigenvalue weighted by Crippen LogP contribution is 1.74. The van der Waals surface area contributed by atoms with E-state index >= 15 is 0 Å². The second-order valence-electron chi connectivity index (χ2n) is 1.18. The summed E-state index contributed by atoms with van der Waals surface area (Å²) in [7, 11) is 5.02. The van der Waals surface area contributed by atoms with Gasteiger partial charge in [-0.3, -0.25) is 0 Å². The Morgan fingerprint density at radius 1 is 1.83 bits per heavy atom. The minimum Gasteiger partial charge on any atom is -0.396 e. The van der Waals surface area contributed by atoms with E-state index in [1.165, 1.54) is 0 Å². The second-order valence-corrected chi connectivity index (χ2v) is 1.18. The number of nitrogens with two attached hydrogens (primary N) is 1. The van der Waals surface area contributed by atoms with Gasteiger partial charge in [0.05, 0.1) is 7.85 Å². The maximum Gasteiger partial charge on any atom is 0.0904 e. The average Bonchev–Trinajstić information content (AvgIpc) is 1.35. The van der Waals surface area contributed by atoms with E-state index in [0.29, 0.717) is 6.42 Å². The molecule has 2 nitrogen and oxygen atoms in total. The Balaban J connectivity index is 2.63. The van der Waals surface area contributed by atoms with Crippen molar-refractivity contribution >= 4 is 7.85 Å². The smallest absolute Gasteiger partial charge is 0.0904 e. The van der Waals surface area contributed by atoms with Crippen LogP contribution in [-0.2, 0) is 0 Å². The van der Waals surface area contributed by atoms with Crippen LogP contribution in [0.4, 0.5) is 0 Å². The van der Waals surface area contributed by atoms with Gasteiger partial charge in [0.25, 0.3) is 0 Å². The third-order valence-corrected chi connectivity index (χ3v) is 0.462. The predicted molar refractivity (Wildman–Crippen MR) is 25.4 cm³/mol. The lowest BCUT2D eigenvalue weighted by atomic mass is 9.95. The van der Waals surface area contributed by atoms with Crippen LogP contribution >= 0.6 is 0 Å². The van der Waals surface area contributed by atoms with Gasteiger partial charge in [-0.15, -0.1) is 0 Å². The van der Waals surface area contributed by atoms with Gasteiger partial charge in [0.15, 0.2) is 0 Å².